The van der Waals surface area contributed by atoms with E-state index < -0.39 is 0 Å². The Morgan fingerprint density at radius 2 is 1.90 bits per heavy atom. The minimum absolute atomic E-state index is 0.427. The van der Waals surface area contributed by atoms with E-state index >= 15 is 0 Å². The first-order chi connectivity index (χ1) is 15.3. The third kappa shape index (κ3) is 3.42. The van der Waals surface area contributed by atoms with Crippen molar-refractivity contribution in [1.82, 2.24) is 30.0 Å². The molecule has 5 heterocycles. The van der Waals surface area contributed by atoms with Gasteiger partial charge in [-0.15, -0.1) is 5.10 Å². The van der Waals surface area contributed by atoms with Crippen LogP contribution in [-0.2, 0) is 0 Å². The molecule has 2 saturated heterocycles. The molecule has 1 atom stereocenters. The first-order valence-corrected chi connectivity index (χ1v) is 11.0. The lowest BCUT2D eigenvalue weighted by Gasteiger charge is -2.48. The maximum Gasteiger partial charge on any atom is 0.317 e. The fraction of sp³-hybridized carbons (Fsp3) is 0.500. The Kier molecular flexibility index (Phi) is 4.56. The van der Waals surface area contributed by atoms with Crippen molar-refractivity contribution in [3.05, 3.63) is 43.3 Å². The van der Waals surface area contributed by atoms with Crippen LogP contribution in [-0.4, -0.2) is 75.4 Å². The van der Waals surface area contributed by atoms with Gasteiger partial charge in [-0.25, -0.2) is 4.98 Å². The van der Waals surface area contributed by atoms with Crippen molar-refractivity contribution < 1.29 is 4.42 Å². The van der Waals surface area contributed by atoms with Gasteiger partial charge in [0.05, 0.1) is 11.9 Å². The fourth-order valence-electron chi connectivity index (χ4n) is 5.57. The molecule has 3 aliphatic rings. The van der Waals surface area contributed by atoms with E-state index in [1.807, 2.05) is 18.5 Å². The second-order valence-electron chi connectivity index (χ2n) is 8.96. The van der Waals surface area contributed by atoms with Crippen LogP contribution in [0.3, 0.4) is 0 Å². The number of nitrogens with zero attached hydrogens (tertiary/aromatic N) is 8. The molecule has 0 bridgehead atoms. The van der Waals surface area contributed by atoms with Gasteiger partial charge in [0, 0.05) is 74.9 Å². The molecule has 160 valence electrons. The highest BCUT2D eigenvalue weighted by molar-refractivity contribution is 5.72. The molecule has 3 fully saturated rings. The Bertz CT molecular complexity index is 1010. The summed E-state index contributed by atoms with van der Waals surface area (Å²) in [6.45, 7) is 6.21. The molecule has 3 aromatic rings. The van der Waals surface area contributed by atoms with Crippen molar-refractivity contribution in [2.75, 3.05) is 49.1 Å². The molecule has 1 aliphatic carbocycles. The van der Waals surface area contributed by atoms with Gasteiger partial charge in [-0.05, 0) is 31.4 Å². The Balaban J connectivity index is 1.08. The molecule has 0 aromatic carbocycles. The second-order valence-corrected chi connectivity index (χ2v) is 8.96. The van der Waals surface area contributed by atoms with E-state index in [1.54, 1.807) is 12.4 Å². The van der Waals surface area contributed by atoms with Crippen molar-refractivity contribution >= 4 is 11.8 Å². The van der Waals surface area contributed by atoms with E-state index in [2.05, 4.69) is 40.9 Å². The summed E-state index contributed by atoms with van der Waals surface area (Å²) in [4.78, 5) is 20.7. The van der Waals surface area contributed by atoms with Crippen molar-refractivity contribution in [1.29, 1.82) is 0 Å². The lowest BCUT2D eigenvalue weighted by Crippen LogP contribution is -2.56. The monoisotopic (exact) mass is 418 g/mol. The van der Waals surface area contributed by atoms with Gasteiger partial charge in [0.25, 0.3) is 0 Å². The van der Waals surface area contributed by atoms with E-state index in [9.17, 15) is 0 Å². The van der Waals surface area contributed by atoms with Gasteiger partial charge >= 0.3 is 6.01 Å². The predicted molar refractivity (Wildman–Crippen MR) is 116 cm³/mol. The summed E-state index contributed by atoms with van der Waals surface area (Å²) in [7, 11) is 0. The quantitative estimate of drug-likeness (QED) is 0.632. The van der Waals surface area contributed by atoms with Crippen molar-refractivity contribution in [2.24, 2.45) is 5.41 Å². The zero-order chi connectivity index (χ0) is 20.7. The Labute approximate surface area is 181 Å². The number of anilines is 2. The lowest BCUT2D eigenvalue weighted by atomic mass is 9.78. The third-order valence-electron chi connectivity index (χ3n) is 7.10. The van der Waals surface area contributed by atoms with Crippen LogP contribution in [0, 0.1) is 5.41 Å². The number of hydrogen-bond donors (Lipinski definition) is 0. The lowest BCUT2D eigenvalue weighted by molar-refractivity contribution is 0.150. The van der Waals surface area contributed by atoms with E-state index in [0.717, 1.165) is 56.3 Å². The zero-order valence-electron chi connectivity index (χ0n) is 17.5. The number of pyridine rings is 1. The highest BCUT2D eigenvalue weighted by Gasteiger charge is 2.50. The second kappa shape index (κ2) is 7.56. The average molecular weight is 419 g/mol. The number of rotatable bonds is 4. The molecular weight excluding hydrogens is 392 g/mol. The predicted octanol–water partition coefficient (Wildman–Crippen LogP) is 2.10. The molecule has 0 N–H and O–H groups in total. The Hall–Kier alpha value is -3.07. The average Bonchev–Trinajstić information content (AvgIpc) is 3.49. The van der Waals surface area contributed by atoms with Crippen LogP contribution in [0.2, 0.25) is 0 Å². The Morgan fingerprint density at radius 1 is 1.00 bits per heavy atom. The summed E-state index contributed by atoms with van der Waals surface area (Å²) >= 11 is 0. The summed E-state index contributed by atoms with van der Waals surface area (Å²) in [5, 5.41) is 7.85. The maximum atomic E-state index is 5.35. The molecule has 3 aromatic heterocycles. The van der Waals surface area contributed by atoms with Gasteiger partial charge in [0.2, 0.25) is 6.39 Å². The zero-order valence-corrected chi connectivity index (χ0v) is 17.5. The first kappa shape index (κ1) is 18.7. The molecule has 6 rings (SSSR count). The summed E-state index contributed by atoms with van der Waals surface area (Å²) in [5.74, 6) is 1.01. The van der Waals surface area contributed by atoms with E-state index in [4.69, 9.17) is 9.40 Å². The van der Waals surface area contributed by atoms with Gasteiger partial charge in [-0.3, -0.25) is 14.9 Å². The summed E-state index contributed by atoms with van der Waals surface area (Å²) in [6, 6.07) is 5.40. The summed E-state index contributed by atoms with van der Waals surface area (Å²) in [5.41, 5.74) is 2.36. The third-order valence-corrected chi connectivity index (χ3v) is 7.10. The molecule has 1 saturated carbocycles. The van der Waals surface area contributed by atoms with Crippen molar-refractivity contribution in [2.45, 2.75) is 25.3 Å². The van der Waals surface area contributed by atoms with E-state index in [0.29, 0.717) is 17.5 Å². The van der Waals surface area contributed by atoms with Crippen LogP contribution in [0.5, 0.6) is 0 Å². The van der Waals surface area contributed by atoms with Crippen LogP contribution in [0.4, 0.5) is 11.8 Å². The summed E-state index contributed by atoms with van der Waals surface area (Å²) < 4.78 is 5.35. The minimum Gasteiger partial charge on any atom is -0.411 e. The van der Waals surface area contributed by atoms with E-state index in [1.165, 1.54) is 25.7 Å². The summed E-state index contributed by atoms with van der Waals surface area (Å²) in [6.07, 6.45) is 12.4. The van der Waals surface area contributed by atoms with Crippen molar-refractivity contribution in [3.63, 3.8) is 0 Å². The van der Waals surface area contributed by atoms with Gasteiger partial charge in [-0.1, -0.05) is 5.10 Å². The van der Waals surface area contributed by atoms with Crippen molar-refractivity contribution in [3.8, 4) is 11.3 Å². The molecule has 0 radical (unpaired) electrons. The maximum absolute atomic E-state index is 5.35. The molecule has 0 amide bonds. The Morgan fingerprint density at radius 3 is 2.68 bits per heavy atom. The SMILES string of the molecule is c1cnc(N2CCN([C@@H]3CCC4(C3)CN(c3nnco3)C4)CC2)c(-c2cnccn2)c1. The topological polar surface area (TPSA) is 87.3 Å². The van der Waals surface area contributed by atoms with Crippen LogP contribution < -0.4 is 9.80 Å². The van der Waals surface area contributed by atoms with Gasteiger partial charge in [0.15, 0.2) is 0 Å². The molecule has 0 unspecified atom stereocenters. The molecule has 31 heavy (non-hydrogen) atoms. The normalized spacial score (nSPS) is 23.3. The van der Waals surface area contributed by atoms with Gasteiger partial charge < -0.3 is 14.2 Å². The van der Waals surface area contributed by atoms with E-state index in [-0.39, 0.29) is 0 Å². The molecule has 9 heteroatoms. The standard InChI is InChI=1S/C22H26N8O/c1-2-18(19-13-23-6-7-24-19)20(25-5-1)29-10-8-28(9-11-29)17-3-4-22(12-17)14-30(15-22)21-27-26-16-31-21/h1-2,5-7,13,16-17H,3-4,8-12,14-15H2/t17-/m1/s1. The van der Waals surface area contributed by atoms with Gasteiger partial charge in [0.1, 0.15) is 5.82 Å². The molecule has 2 aliphatic heterocycles. The number of aromatic nitrogens is 5. The highest BCUT2D eigenvalue weighted by Crippen LogP contribution is 2.48. The van der Waals surface area contributed by atoms with Crippen LogP contribution >= 0.6 is 0 Å². The minimum atomic E-state index is 0.427. The molecular formula is C22H26N8O. The van der Waals surface area contributed by atoms with Crippen LogP contribution in [0.25, 0.3) is 11.3 Å². The van der Waals surface area contributed by atoms with Crippen LogP contribution in [0.15, 0.2) is 47.7 Å². The van der Waals surface area contributed by atoms with Gasteiger partial charge in [-0.2, -0.15) is 0 Å². The molecule has 9 nitrogen and oxygen atoms in total. The number of hydrogen-bond acceptors (Lipinski definition) is 9. The highest BCUT2D eigenvalue weighted by atomic mass is 16.4. The first-order valence-electron chi connectivity index (χ1n) is 11.0. The molecule has 1 spiro atoms. The van der Waals surface area contributed by atoms with Crippen LogP contribution in [0.1, 0.15) is 19.3 Å². The fourth-order valence-corrected chi connectivity index (χ4v) is 5.57. The largest absolute Gasteiger partial charge is 0.411 e. The number of piperazine rings is 1. The smallest absolute Gasteiger partial charge is 0.317 e.